The molecule has 0 saturated carbocycles. The lowest BCUT2D eigenvalue weighted by atomic mass is 9.98. The molecule has 29 heavy (non-hydrogen) atoms. The molecule has 1 atom stereocenters. The first kappa shape index (κ1) is 19.5. The van der Waals surface area contributed by atoms with Crippen LogP contribution < -0.4 is 4.74 Å². The Hall–Kier alpha value is -2.80. The second-order valence-corrected chi connectivity index (χ2v) is 7.51. The minimum absolute atomic E-state index is 0.00873. The van der Waals surface area contributed by atoms with Gasteiger partial charge < -0.3 is 23.7 Å². The highest BCUT2D eigenvalue weighted by Gasteiger charge is 2.25. The first-order chi connectivity index (χ1) is 14.2. The van der Waals surface area contributed by atoms with Crippen LogP contribution in [0.1, 0.15) is 33.6 Å². The molecule has 0 spiro atoms. The van der Waals surface area contributed by atoms with Crippen LogP contribution in [0.5, 0.6) is 5.75 Å². The Labute approximate surface area is 170 Å². The summed E-state index contributed by atoms with van der Waals surface area (Å²) in [6, 6.07) is 8.99. The second kappa shape index (κ2) is 9.13. The van der Waals surface area contributed by atoms with E-state index < -0.39 is 0 Å². The minimum Gasteiger partial charge on any atom is -0.493 e. The highest BCUT2D eigenvalue weighted by Crippen LogP contribution is 2.21. The fourth-order valence-electron chi connectivity index (χ4n) is 3.81. The van der Waals surface area contributed by atoms with Crippen LogP contribution in [0.25, 0.3) is 0 Å². The van der Waals surface area contributed by atoms with Crippen LogP contribution in [0, 0.1) is 5.92 Å². The average Bonchev–Trinajstić information content (AvgIpc) is 3.33. The number of nitrogens with zero attached hydrogens (tertiary/aromatic N) is 2. The van der Waals surface area contributed by atoms with Gasteiger partial charge in [-0.05, 0) is 43.2 Å². The molecular formula is C22H26N2O5. The van der Waals surface area contributed by atoms with Crippen LogP contribution in [-0.2, 0) is 4.74 Å². The predicted molar refractivity (Wildman–Crippen MR) is 106 cm³/mol. The van der Waals surface area contributed by atoms with E-state index in [9.17, 15) is 9.59 Å². The van der Waals surface area contributed by atoms with E-state index >= 15 is 0 Å². The van der Waals surface area contributed by atoms with Gasteiger partial charge in [0.1, 0.15) is 12.0 Å². The number of carbonyl (C=O) groups is 2. The van der Waals surface area contributed by atoms with Gasteiger partial charge >= 0.3 is 0 Å². The zero-order valence-corrected chi connectivity index (χ0v) is 16.4. The van der Waals surface area contributed by atoms with Crippen molar-refractivity contribution in [2.24, 2.45) is 5.92 Å². The number of likely N-dealkylation sites (tertiary alicyclic amines) is 1. The third-order valence-corrected chi connectivity index (χ3v) is 5.46. The van der Waals surface area contributed by atoms with Crippen LogP contribution in [0.3, 0.4) is 0 Å². The molecule has 0 aliphatic carbocycles. The normalized spacial score (nSPS) is 19.8. The van der Waals surface area contributed by atoms with Crippen molar-refractivity contribution in [1.82, 2.24) is 9.80 Å². The molecule has 7 nitrogen and oxygen atoms in total. The maximum atomic E-state index is 12.5. The Morgan fingerprint density at radius 2 is 1.72 bits per heavy atom. The molecule has 2 amide bonds. The fourth-order valence-corrected chi connectivity index (χ4v) is 3.81. The van der Waals surface area contributed by atoms with Crippen LogP contribution in [0.15, 0.2) is 47.3 Å². The molecule has 1 unspecified atom stereocenters. The first-order valence-corrected chi connectivity index (χ1v) is 10.1. The van der Waals surface area contributed by atoms with Crippen molar-refractivity contribution < 1.29 is 23.5 Å². The standard InChI is InChI=1S/C22H26N2O5/c25-21(23-9-12-27-13-10-23)18-3-5-20(6-4-18)29-15-17-2-1-8-24(14-17)22(26)19-7-11-28-16-19/h3-7,11,16-17H,1-2,8-10,12-15H2. The van der Waals surface area contributed by atoms with E-state index in [0.717, 1.165) is 25.1 Å². The van der Waals surface area contributed by atoms with E-state index in [-0.39, 0.29) is 17.7 Å². The lowest BCUT2D eigenvalue weighted by Gasteiger charge is -2.32. The van der Waals surface area contributed by atoms with Gasteiger partial charge in [-0.3, -0.25) is 9.59 Å². The molecule has 2 aliphatic rings. The van der Waals surface area contributed by atoms with Gasteiger partial charge in [-0.2, -0.15) is 0 Å². The summed E-state index contributed by atoms with van der Waals surface area (Å²) in [7, 11) is 0. The number of piperidine rings is 1. The van der Waals surface area contributed by atoms with Crippen LogP contribution in [-0.4, -0.2) is 67.6 Å². The number of ether oxygens (including phenoxy) is 2. The molecule has 4 rings (SSSR count). The summed E-state index contributed by atoms with van der Waals surface area (Å²) < 4.78 is 16.3. The summed E-state index contributed by atoms with van der Waals surface area (Å²) in [5.41, 5.74) is 1.25. The summed E-state index contributed by atoms with van der Waals surface area (Å²) >= 11 is 0. The largest absolute Gasteiger partial charge is 0.493 e. The number of rotatable bonds is 5. The summed E-state index contributed by atoms with van der Waals surface area (Å²) in [6.07, 6.45) is 5.00. The van der Waals surface area contributed by atoms with Crippen LogP contribution in [0.2, 0.25) is 0 Å². The van der Waals surface area contributed by atoms with Crippen molar-refractivity contribution in [3.8, 4) is 5.75 Å². The molecular weight excluding hydrogens is 372 g/mol. The number of hydrogen-bond acceptors (Lipinski definition) is 5. The molecule has 0 N–H and O–H groups in total. The van der Waals surface area contributed by atoms with Crippen molar-refractivity contribution in [2.75, 3.05) is 46.0 Å². The van der Waals surface area contributed by atoms with E-state index in [0.29, 0.717) is 50.6 Å². The molecule has 3 heterocycles. The summed E-state index contributed by atoms with van der Waals surface area (Å²) in [4.78, 5) is 28.7. The molecule has 2 aromatic rings. The molecule has 1 aromatic heterocycles. The fraction of sp³-hybridized carbons (Fsp3) is 0.455. The quantitative estimate of drug-likeness (QED) is 0.774. The number of benzene rings is 1. The molecule has 0 radical (unpaired) electrons. The maximum Gasteiger partial charge on any atom is 0.257 e. The molecule has 154 valence electrons. The molecule has 1 aromatic carbocycles. The maximum absolute atomic E-state index is 12.5. The van der Waals surface area contributed by atoms with Crippen LogP contribution in [0.4, 0.5) is 0 Å². The van der Waals surface area contributed by atoms with Gasteiger partial charge in [0, 0.05) is 37.7 Å². The van der Waals surface area contributed by atoms with Crippen molar-refractivity contribution >= 4 is 11.8 Å². The first-order valence-electron chi connectivity index (χ1n) is 10.1. The van der Waals surface area contributed by atoms with Crippen molar-refractivity contribution in [3.63, 3.8) is 0 Å². The number of carbonyl (C=O) groups excluding carboxylic acids is 2. The monoisotopic (exact) mass is 398 g/mol. The highest BCUT2D eigenvalue weighted by atomic mass is 16.5. The van der Waals surface area contributed by atoms with E-state index in [1.54, 1.807) is 6.07 Å². The molecule has 2 fully saturated rings. The minimum atomic E-state index is 0.00873. The molecule has 2 aliphatic heterocycles. The lowest BCUT2D eigenvalue weighted by molar-refractivity contribution is 0.0303. The third-order valence-electron chi connectivity index (χ3n) is 5.46. The second-order valence-electron chi connectivity index (χ2n) is 7.51. The van der Waals surface area contributed by atoms with Gasteiger partial charge in [0.05, 0.1) is 31.6 Å². The molecule has 0 bridgehead atoms. The zero-order valence-electron chi connectivity index (χ0n) is 16.4. The van der Waals surface area contributed by atoms with Gasteiger partial charge in [-0.25, -0.2) is 0 Å². The SMILES string of the molecule is O=C(c1ccc(OCC2CCCN(C(=O)c3ccoc3)C2)cc1)N1CCOCC1. The summed E-state index contributed by atoms with van der Waals surface area (Å²) in [6.45, 7) is 4.44. The zero-order chi connectivity index (χ0) is 20.1. The van der Waals surface area contributed by atoms with E-state index in [1.165, 1.54) is 12.5 Å². The highest BCUT2D eigenvalue weighted by molar-refractivity contribution is 5.94. The van der Waals surface area contributed by atoms with Gasteiger partial charge in [-0.1, -0.05) is 0 Å². The average molecular weight is 398 g/mol. The van der Waals surface area contributed by atoms with Crippen LogP contribution >= 0.6 is 0 Å². The third kappa shape index (κ3) is 4.79. The Bertz CT molecular complexity index is 812. The van der Waals surface area contributed by atoms with Crippen molar-refractivity contribution in [3.05, 3.63) is 54.0 Å². The van der Waals surface area contributed by atoms with Gasteiger partial charge in [0.25, 0.3) is 11.8 Å². The topological polar surface area (TPSA) is 72.2 Å². The van der Waals surface area contributed by atoms with Gasteiger partial charge in [-0.15, -0.1) is 0 Å². The Morgan fingerprint density at radius 3 is 2.45 bits per heavy atom. The summed E-state index contributed by atoms with van der Waals surface area (Å²) in [5.74, 6) is 1.06. The number of hydrogen-bond donors (Lipinski definition) is 0. The van der Waals surface area contributed by atoms with Gasteiger partial charge in [0.2, 0.25) is 0 Å². The predicted octanol–water partition coefficient (Wildman–Crippen LogP) is 2.68. The molecule has 2 saturated heterocycles. The Balaban J connectivity index is 1.28. The van der Waals surface area contributed by atoms with Gasteiger partial charge in [0.15, 0.2) is 0 Å². The number of furan rings is 1. The Morgan fingerprint density at radius 1 is 0.966 bits per heavy atom. The number of morpholine rings is 1. The smallest absolute Gasteiger partial charge is 0.257 e. The number of amides is 2. The molecule has 7 heteroatoms. The van der Waals surface area contributed by atoms with E-state index in [4.69, 9.17) is 13.9 Å². The lowest BCUT2D eigenvalue weighted by Crippen LogP contribution is -2.41. The van der Waals surface area contributed by atoms with E-state index in [2.05, 4.69) is 0 Å². The summed E-state index contributed by atoms with van der Waals surface area (Å²) in [5, 5.41) is 0. The van der Waals surface area contributed by atoms with Crippen molar-refractivity contribution in [1.29, 1.82) is 0 Å². The van der Waals surface area contributed by atoms with E-state index in [1.807, 2.05) is 34.1 Å². The Kier molecular flexibility index (Phi) is 6.14. The van der Waals surface area contributed by atoms with Crippen molar-refractivity contribution in [2.45, 2.75) is 12.8 Å².